The van der Waals surface area contributed by atoms with Gasteiger partial charge in [0.1, 0.15) is 0 Å². The highest BCUT2D eigenvalue weighted by atomic mass is 16.6. The SMILES string of the molecule is O=C1NC[C@H](C(=O)Nc2cccc([N+](=O)[O-])c2)c2ccccc21. The normalized spacial score (nSPS) is 16.2. The summed E-state index contributed by atoms with van der Waals surface area (Å²) < 4.78 is 0. The lowest BCUT2D eigenvalue weighted by Gasteiger charge is -2.24. The van der Waals surface area contributed by atoms with Crippen LogP contribution in [-0.2, 0) is 4.79 Å². The second kappa shape index (κ2) is 5.88. The van der Waals surface area contributed by atoms with Crippen LogP contribution in [0.15, 0.2) is 48.5 Å². The molecule has 116 valence electrons. The van der Waals surface area contributed by atoms with Gasteiger partial charge in [0.2, 0.25) is 5.91 Å². The highest BCUT2D eigenvalue weighted by molar-refractivity contribution is 6.03. The van der Waals surface area contributed by atoms with Gasteiger partial charge in [-0.3, -0.25) is 19.7 Å². The van der Waals surface area contributed by atoms with Crippen molar-refractivity contribution in [1.29, 1.82) is 0 Å². The Bertz CT molecular complexity index is 803. The van der Waals surface area contributed by atoms with Crippen LogP contribution in [0.2, 0.25) is 0 Å². The molecule has 7 nitrogen and oxygen atoms in total. The largest absolute Gasteiger partial charge is 0.351 e. The van der Waals surface area contributed by atoms with Gasteiger partial charge < -0.3 is 10.6 Å². The van der Waals surface area contributed by atoms with Crippen LogP contribution in [0.5, 0.6) is 0 Å². The van der Waals surface area contributed by atoms with Crippen molar-refractivity contribution in [2.75, 3.05) is 11.9 Å². The van der Waals surface area contributed by atoms with Gasteiger partial charge in [-0.15, -0.1) is 0 Å². The molecule has 0 fully saturated rings. The van der Waals surface area contributed by atoms with Crippen LogP contribution in [0.25, 0.3) is 0 Å². The molecule has 0 aromatic heterocycles. The molecule has 7 heteroatoms. The molecule has 0 aliphatic carbocycles. The summed E-state index contributed by atoms with van der Waals surface area (Å²) in [5, 5.41) is 16.1. The van der Waals surface area contributed by atoms with Gasteiger partial charge >= 0.3 is 0 Å². The number of hydrogen-bond acceptors (Lipinski definition) is 4. The first kappa shape index (κ1) is 14.7. The Balaban J connectivity index is 1.84. The lowest BCUT2D eigenvalue weighted by Crippen LogP contribution is -2.40. The molecule has 2 N–H and O–H groups in total. The van der Waals surface area contributed by atoms with Crippen LogP contribution in [0.3, 0.4) is 0 Å². The van der Waals surface area contributed by atoms with Gasteiger partial charge in [-0.1, -0.05) is 24.3 Å². The van der Waals surface area contributed by atoms with E-state index >= 15 is 0 Å². The topological polar surface area (TPSA) is 101 Å². The lowest BCUT2D eigenvalue weighted by atomic mass is 9.89. The molecular formula is C16H13N3O4. The molecule has 23 heavy (non-hydrogen) atoms. The van der Waals surface area contributed by atoms with E-state index in [9.17, 15) is 19.7 Å². The molecule has 0 saturated carbocycles. The highest BCUT2D eigenvalue weighted by Gasteiger charge is 2.30. The van der Waals surface area contributed by atoms with E-state index in [4.69, 9.17) is 0 Å². The van der Waals surface area contributed by atoms with E-state index in [0.717, 1.165) is 0 Å². The van der Waals surface area contributed by atoms with Gasteiger partial charge in [-0.2, -0.15) is 0 Å². The number of nitrogens with one attached hydrogen (secondary N) is 2. The van der Waals surface area contributed by atoms with E-state index in [1.54, 1.807) is 30.3 Å². The zero-order valence-electron chi connectivity index (χ0n) is 12.0. The lowest BCUT2D eigenvalue weighted by molar-refractivity contribution is -0.384. The molecule has 0 saturated heterocycles. The number of fused-ring (bicyclic) bond motifs is 1. The van der Waals surface area contributed by atoms with E-state index in [-0.39, 0.29) is 24.0 Å². The van der Waals surface area contributed by atoms with E-state index in [0.29, 0.717) is 16.8 Å². The van der Waals surface area contributed by atoms with Crippen LogP contribution in [0, 0.1) is 10.1 Å². The zero-order chi connectivity index (χ0) is 16.4. The molecule has 3 rings (SSSR count). The summed E-state index contributed by atoms with van der Waals surface area (Å²) in [5.74, 6) is -1.07. The fraction of sp³-hybridized carbons (Fsp3) is 0.125. The van der Waals surface area contributed by atoms with Gasteiger partial charge in [-0.05, 0) is 17.7 Å². The second-order valence-electron chi connectivity index (χ2n) is 5.15. The predicted octanol–water partition coefficient (Wildman–Crippen LogP) is 2.06. The zero-order valence-corrected chi connectivity index (χ0v) is 12.0. The molecule has 1 heterocycles. The maximum atomic E-state index is 12.5. The third kappa shape index (κ3) is 2.89. The molecule has 1 atom stereocenters. The number of nitrogens with zero attached hydrogens (tertiary/aromatic N) is 1. The molecule has 0 bridgehead atoms. The predicted molar refractivity (Wildman–Crippen MR) is 83.2 cm³/mol. The van der Waals surface area contributed by atoms with Gasteiger partial charge in [0, 0.05) is 29.9 Å². The Morgan fingerprint density at radius 1 is 1.22 bits per heavy atom. The van der Waals surface area contributed by atoms with Crippen molar-refractivity contribution in [3.8, 4) is 0 Å². The van der Waals surface area contributed by atoms with E-state index in [1.165, 1.54) is 18.2 Å². The molecule has 1 aliphatic rings. The maximum absolute atomic E-state index is 12.5. The van der Waals surface area contributed by atoms with Crippen molar-refractivity contribution in [2.45, 2.75) is 5.92 Å². The van der Waals surface area contributed by atoms with Crippen molar-refractivity contribution < 1.29 is 14.5 Å². The summed E-state index contributed by atoms with van der Waals surface area (Å²) in [6.45, 7) is 0.191. The third-order valence-electron chi connectivity index (χ3n) is 3.69. The number of hydrogen-bond donors (Lipinski definition) is 2. The van der Waals surface area contributed by atoms with Crippen LogP contribution in [0.1, 0.15) is 21.8 Å². The molecule has 2 aromatic rings. The first-order valence-corrected chi connectivity index (χ1v) is 6.98. The minimum Gasteiger partial charge on any atom is -0.351 e. The van der Waals surface area contributed by atoms with Crippen LogP contribution >= 0.6 is 0 Å². The number of non-ortho nitro benzene ring substituents is 1. The molecule has 1 aliphatic heterocycles. The molecule has 0 spiro atoms. The van der Waals surface area contributed by atoms with Gasteiger partial charge in [-0.25, -0.2) is 0 Å². The first-order chi connectivity index (χ1) is 11.1. The average Bonchev–Trinajstić information content (AvgIpc) is 2.55. The van der Waals surface area contributed by atoms with Crippen molar-refractivity contribution >= 4 is 23.2 Å². The molecule has 0 radical (unpaired) electrons. The van der Waals surface area contributed by atoms with Crippen LogP contribution in [0.4, 0.5) is 11.4 Å². The summed E-state index contributed by atoms with van der Waals surface area (Å²) in [7, 11) is 0. The summed E-state index contributed by atoms with van der Waals surface area (Å²) in [4.78, 5) is 34.6. The van der Waals surface area contributed by atoms with Gasteiger partial charge in [0.05, 0.1) is 10.8 Å². The molecule has 2 amide bonds. The average molecular weight is 311 g/mol. The van der Waals surface area contributed by atoms with Crippen molar-refractivity contribution in [3.05, 3.63) is 69.8 Å². The Morgan fingerprint density at radius 2 is 2.00 bits per heavy atom. The first-order valence-electron chi connectivity index (χ1n) is 6.98. The van der Waals surface area contributed by atoms with Gasteiger partial charge in [0.25, 0.3) is 11.6 Å². The highest BCUT2D eigenvalue weighted by Crippen LogP contribution is 2.26. The fourth-order valence-corrected chi connectivity index (χ4v) is 2.57. The Kier molecular flexibility index (Phi) is 3.76. The van der Waals surface area contributed by atoms with Crippen molar-refractivity contribution in [2.24, 2.45) is 0 Å². The Labute approximate surface area is 131 Å². The number of carbonyl (C=O) groups excluding carboxylic acids is 2. The Hall–Kier alpha value is -3.22. The van der Waals surface area contributed by atoms with Crippen molar-refractivity contribution in [1.82, 2.24) is 5.32 Å². The molecule has 0 unspecified atom stereocenters. The number of benzene rings is 2. The number of amides is 2. The van der Waals surface area contributed by atoms with Crippen LogP contribution in [-0.4, -0.2) is 23.3 Å². The van der Waals surface area contributed by atoms with Crippen molar-refractivity contribution in [3.63, 3.8) is 0 Å². The fourth-order valence-electron chi connectivity index (χ4n) is 2.57. The third-order valence-corrected chi connectivity index (χ3v) is 3.69. The standard InChI is InChI=1S/C16H13N3O4/c20-15-13-7-2-1-6-12(13)14(9-17-15)16(21)18-10-4-3-5-11(8-10)19(22)23/h1-8,14H,9H2,(H,17,20)(H,18,21)/t14-/m0/s1. The number of nitro benzene ring substituents is 1. The smallest absolute Gasteiger partial charge is 0.271 e. The number of anilines is 1. The van der Waals surface area contributed by atoms with E-state index < -0.39 is 10.8 Å². The summed E-state index contributed by atoms with van der Waals surface area (Å²) in [6, 6.07) is 12.6. The summed E-state index contributed by atoms with van der Waals surface area (Å²) >= 11 is 0. The van der Waals surface area contributed by atoms with Gasteiger partial charge in [0.15, 0.2) is 0 Å². The molecular weight excluding hydrogens is 298 g/mol. The second-order valence-corrected chi connectivity index (χ2v) is 5.15. The monoisotopic (exact) mass is 311 g/mol. The maximum Gasteiger partial charge on any atom is 0.271 e. The Morgan fingerprint density at radius 3 is 2.78 bits per heavy atom. The summed E-state index contributed by atoms with van der Waals surface area (Å²) in [5.41, 5.74) is 1.37. The number of rotatable bonds is 3. The minimum atomic E-state index is -0.539. The number of nitro groups is 1. The van der Waals surface area contributed by atoms with Crippen LogP contribution < -0.4 is 10.6 Å². The minimum absolute atomic E-state index is 0.0971. The quantitative estimate of drug-likeness (QED) is 0.669. The molecule has 2 aromatic carbocycles. The van der Waals surface area contributed by atoms with E-state index in [1.807, 2.05) is 0 Å². The summed E-state index contributed by atoms with van der Waals surface area (Å²) in [6.07, 6.45) is 0. The number of carbonyl (C=O) groups is 2. The van der Waals surface area contributed by atoms with E-state index in [2.05, 4.69) is 10.6 Å².